The van der Waals surface area contributed by atoms with Gasteiger partial charge in [-0.1, -0.05) is 31.5 Å². The van der Waals surface area contributed by atoms with E-state index in [0.717, 1.165) is 17.4 Å². The molecule has 0 amide bonds. The first-order valence-electron chi connectivity index (χ1n) is 7.88. The van der Waals surface area contributed by atoms with E-state index < -0.39 is 10.1 Å². The van der Waals surface area contributed by atoms with E-state index in [1.807, 2.05) is 6.92 Å². The molecule has 2 rings (SSSR count). The molecule has 126 valence electrons. The standard InChI is InChI=1S/C10H22N.C7H8O3S/c1-5-10-6-9(2)7-11(3,4)8-10;1-6-2-4-7(5-3-6)11(8,9)10/h9-10H,5-8H2,1-4H3;2-5H,1H3,(H,8,9,10)/q+1;/p-1. The first-order chi connectivity index (χ1) is 10.0. The summed E-state index contributed by atoms with van der Waals surface area (Å²) in [6.07, 6.45) is 2.82. The van der Waals surface area contributed by atoms with E-state index in [4.69, 9.17) is 0 Å². The molecule has 1 aromatic carbocycles. The van der Waals surface area contributed by atoms with Crippen molar-refractivity contribution >= 4 is 10.1 Å². The number of piperidine rings is 1. The van der Waals surface area contributed by atoms with Gasteiger partial charge in [0.1, 0.15) is 10.1 Å². The molecule has 0 spiro atoms. The van der Waals surface area contributed by atoms with E-state index in [0.29, 0.717) is 0 Å². The molecule has 22 heavy (non-hydrogen) atoms. The summed E-state index contributed by atoms with van der Waals surface area (Å²) in [4.78, 5) is -0.178. The van der Waals surface area contributed by atoms with E-state index in [-0.39, 0.29) is 4.90 Å². The van der Waals surface area contributed by atoms with E-state index in [9.17, 15) is 13.0 Å². The van der Waals surface area contributed by atoms with Crippen molar-refractivity contribution in [3.63, 3.8) is 0 Å². The summed E-state index contributed by atoms with van der Waals surface area (Å²) >= 11 is 0. The number of nitrogens with zero attached hydrogens (tertiary/aromatic N) is 1. The maximum absolute atomic E-state index is 10.4. The lowest BCUT2D eigenvalue weighted by Crippen LogP contribution is -2.50. The second kappa shape index (κ2) is 7.57. The van der Waals surface area contributed by atoms with Crippen LogP contribution >= 0.6 is 0 Å². The van der Waals surface area contributed by atoms with Crippen LogP contribution in [0.5, 0.6) is 0 Å². The minimum Gasteiger partial charge on any atom is -0.744 e. The van der Waals surface area contributed by atoms with Crippen molar-refractivity contribution in [3.8, 4) is 0 Å². The van der Waals surface area contributed by atoms with Crippen LogP contribution in [0.25, 0.3) is 0 Å². The van der Waals surface area contributed by atoms with Crippen LogP contribution in [-0.2, 0) is 10.1 Å². The zero-order valence-electron chi connectivity index (χ0n) is 14.4. The Morgan fingerprint density at radius 2 is 1.73 bits per heavy atom. The number of likely N-dealkylation sites (tertiary alicyclic amines) is 1. The van der Waals surface area contributed by atoms with Gasteiger partial charge in [0.2, 0.25) is 0 Å². The van der Waals surface area contributed by atoms with Gasteiger partial charge in [0.25, 0.3) is 0 Å². The van der Waals surface area contributed by atoms with E-state index in [1.165, 1.54) is 42.5 Å². The first kappa shape index (κ1) is 19.1. The van der Waals surface area contributed by atoms with Crippen LogP contribution in [0, 0.1) is 18.8 Å². The number of hydrogen-bond acceptors (Lipinski definition) is 3. The van der Waals surface area contributed by atoms with Gasteiger partial charge in [0, 0.05) is 11.8 Å². The third-order valence-electron chi connectivity index (χ3n) is 4.18. The molecule has 0 aliphatic carbocycles. The molecule has 1 heterocycles. The average Bonchev–Trinajstić information content (AvgIpc) is 2.36. The summed E-state index contributed by atoms with van der Waals surface area (Å²) in [5.74, 6) is 1.91. The summed E-state index contributed by atoms with van der Waals surface area (Å²) in [5.41, 5.74) is 0.928. The number of aryl methyl sites for hydroxylation is 1. The summed E-state index contributed by atoms with van der Waals surface area (Å²) in [6.45, 7) is 9.29. The average molecular weight is 327 g/mol. The summed E-state index contributed by atoms with van der Waals surface area (Å²) < 4.78 is 32.4. The minimum absolute atomic E-state index is 0.178. The fourth-order valence-electron chi connectivity index (χ4n) is 3.34. The maximum atomic E-state index is 10.4. The van der Waals surface area contributed by atoms with Crippen LogP contribution in [0.1, 0.15) is 32.3 Å². The van der Waals surface area contributed by atoms with Crippen LogP contribution in [0.2, 0.25) is 0 Å². The quantitative estimate of drug-likeness (QED) is 0.620. The molecule has 0 radical (unpaired) electrons. The number of benzene rings is 1. The number of rotatable bonds is 2. The van der Waals surface area contributed by atoms with Crippen LogP contribution in [-0.4, -0.2) is 44.6 Å². The van der Waals surface area contributed by atoms with Gasteiger partial charge in [-0.15, -0.1) is 0 Å². The molecule has 2 atom stereocenters. The van der Waals surface area contributed by atoms with Gasteiger partial charge in [0.15, 0.2) is 0 Å². The number of quaternary nitrogens is 1. The largest absolute Gasteiger partial charge is 0.744 e. The van der Waals surface area contributed by atoms with Gasteiger partial charge in [-0.2, -0.15) is 0 Å². The molecule has 5 heteroatoms. The van der Waals surface area contributed by atoms with Crippen LogP contribution in [0.3, 0.4) is 0 Å². The molecule has 1 aromatic rings. The number of hydrogen-bond donors (Lipinski definition) is 0. The molecule has 1 aliphatic heterocycles. The molecular formula is C17H29NO3S. The van der Waals surface area contributed by atoms with Crippen molar-refractivity contribution in [3.05, 3.63) is 29.8 Å². The fourth-order valence-corrected chi connectivity index (χ4v) is 3.81. The molecule has 0 aromatic heterocycles. The van der Waals surface area contributed by atoms with Gasteiger partial charge in [-0.25, -0.2) is 8.42 Å². The van der Waals surface area contributed by atoms with Crippen molar-refractivity contribution < 1.29 is 17.5 Å². The van der Waals surface area contributed by atoms with Crippen molar-refractivity contribution in [2.45, 2.75) is 38.5 Å². The summed E-state index contributed by atoms with van der Waals surface area (Å²) in [7, 11) is 0.449. The van der Waals surface area contributed by atoms with Crippen molar-refractivity contribution in [2.75, 3.05) is 27.2 Å². The molecule has 0 bridgehead atoms. The Morgan fingerprint density at radius 3 is 2.14 bits per heavy atom. The predicted octanol–water partition coefficient (Wildman–Crippen LogP) is 3.03. The maximum Gasteiger partial charge on any atom is 0.124 e. The Labute approximate surface area is 135 Å². The minimum atomic E-state index is -4.27. The highest BCUT2D eigenvalue weighted by atomic mass is 32.2. The second-order valence-electron chi connectivity index (χ2n) is 7.18. The highest BCUT2D eigenvalue weighted by Crippen LogP contribution is 2.26. The van der Waals surface area contributed by atoms with Crippen LogP contribution < -0.4 is 0 Å². The third-order valence-corrected chi connectivity index (χ3v) is 5.03. The molecule has 1 aliphatic rings. The Balaban J connectivity index is 0.000000220. The van der Waals surface area contributed by atoms with Gasteiger partial charge < -0.3 is 9.04 Å². The van der Waals surface area contributed by atoms with E-state index in [1.54, 1.807) is 12.1 Å². The Bertz CT molecular complexity index is 564. The Morgan fingerprint density at radius 1 is 1.18 bits per heavy atom. The van der Waals surface area contributed by atoms with Crippen LogP contribution in [0.4, 0.5) is 0 Å². The summed E-state index contributed by atoms with van der Waals surface area (Å²) in [6, 6.07) is 5.78. The zero-order valence-corrected chi connectivity index (χ0v) is 15.2. The topological polar surface area (TPSA) is 57.2 Å². The molecular weight excluding hydrogens is 298 g/mol. The summed E-state index contributed by atoms with van der Waals surface area (Å²) in [5, 5.41) is 0. The molecule has 4 nitrogen and oxygen atoms in total. The molecule has 1 saturated heterocycles. The first-order valence-corrected chi connectivity index (χ1v) is 9.29. The van der Waals surface area contributed by atoms with Gasteiger partial charge in [-0.05, 0) is 31.9 Å². The van der Waals surface area contributed by atoms with Gasteiger partial charge in [0.05, 0.1) is 32.1 Å². The van der Waals surface area contributed by atoms with E-state index >= 15 is 0 Å². The highest BCUT2D eigenvalue weighted by molar-refractivity contribution is 7.85. The fraction of sp³-hybridized carbons (Fsp3) is 0.647. The molecule has 2 unspecified atom stereocenters. The second-order valence-corrected chi connectivity index (χ2v) is 8.56. The molecule has 0 N–H and O–H groups in total. The Kier molecular flexibility index (Phi) is 6.59. The van der Waals surface area contributed by atoms with Crippen molar-refractivity contribution in [1.29, 1.82) is 0 Å². The smallest absolute Gasteiger partial charge is 0.124 e. The monoisotopic (exact) mass is 327 g/mol. The van der Waals surface area contributed by atoms with Crippen molar-refractivity contribution in [2.24, 2.45) is 11.8 Å². The van der Waals surface area contributed by atoms with Gasteiger partial charge in [-0.3, -0.25) is 0 Å². The molecule has 1 fully saturated rings. The highest BCUT2D eigenvalue weighted by Gasteiger charge is 2.30. The zero-order chi connectivity index (χ0) is 17.0. The SMILES string of the molecule is CCC1CC(C)C[N+](C)(C)C1.Cc1ccc(S(=O)(=O)[O-])cc1. The lowest BCUT2D eigenvalue weighted by Gasteiger charge is -2.40. The lowest BCUT2D eigenvalue weighted by molar-refractivity contribution is -0.902. The Hall–Kier alpha value is -0.910. The lowest BCUT2D eigenvalue weighted by atomic mass is 9.88. The predicted molar refractivity (Wildman–Crippen MR) is 88.5 cm³/mol. The van der Waals surface area contributed by atoms with Crippen LogP contribution in [0.15, 0.2) is 29.2 Å². The van der Waals surface area contributed by atoms with E-state index in [2.05, 4.69) is 27.9 Å². The third kappa shape index (κ3) is 6.46. The molecule has 0 saturated carbocycles. The normalized spacial score (nSPS) is 24.3. The van der Waals surface area contributed by atoms with Crippen molar-refractivity contribution in [1.82, 2.24) is 0 Å². The van der Waals surface area contributed by atoms with Gasteiger partial charge >= 0.3 is 0 Å².